The first-order valence-corrected chi connectivity index (χ1v) is 12.1. The van der Waals surface area contributed by atoms with Crippen molar-refractivity contribution in [1.29, 1.82) is 0 Å². The predicted molar refractivity (Wildman–Crippen MR) is 119 cm³/mol. The molecule has 0 bridgehead atoms. The van der Waals surface area contributed by atoms with Crippen molar-refractivity contribution >= 4 is 15.9 Å². The molecule has 1 N–H and O–H groups in total. The number of nitrogens with zero attached hydrogens (tertiary/aromatic N) is 2. The lowest BCUT2D eigenvalue weighted by Crippen LogP contribution is -2.29. The summed E-state index contributed by atoms with van der Waals surface area (Å²) in [7, 11) is -3.64. The molecule has 0 radical (unpaired) electrons. The summed E-state index contributed by atoms with van der Waals surface area (Å²) in [5.41, 5.74) is 2.10. The highest BCUT2D eigenvalue weighted by Gasteiger charge is 2.22. The van der Waals surface area contributed by atoms with Crippen molar-refractivity contribution in [3.63, 3.8) is 0 Å². The van der Waals surface area contributed by atoms with Crippen molar-refractivity contribution in [3.8, 4) is 22.9 Å². The summed E-state index contributed by atoms with van der Waals surface area (Å²) in [5.74, 6) is -0.273. The number of benzene rings is 2. The second-order valence-corrected chi connectivity index (χ2v) is 9.62. The molecule has 1 amide bonds. The van der Waals surface area contributed by atoms with Gasteiger partial charge in [-0.05, 0) is 54.2 Å². The summed E-state index contributed by atoms with van der Waals surface area (Å²) in [6.07, 6.45) is 6.41. The number of hydrogen-bond acceptors (Lipinski definition) is 7. The van der Waals surface area contributed by atoms with Crippen LogP contribution in [-0.4, -0.2) is 37.2 Å². The normalized spacial score (nSPS) is 13.4. The van der Waals surface area contributed by atoms with Crippen LogP contribution in [0.15, 0.2) is 54.9 Å². The number of nitrogens with one attached hydrogen (secondary N) is 1. The standard InChI is InChI=1S/C23H22FN3O5S/c1-33(29,30)27-22(28)17-6-4-16(5-7-17)13-31-21-9-18(8-20(24)10-21)19-11-25-23(26-12-19)32-14-15-2-3-15/h4-12,15H,2-3,13-14H2,1H3,(H,27,28). The number of amides is 1. The van der Waals surface area contributed by atoms with E-state index in [0.29, 0.717) is 35.4 Å². The van der Waals surface area contributed by atoms with Gasteiger partial charge in [0.25, 0.3) is 5.91 Å². The van der Waals surface area contributed by atoms with E-state index in [2.05, 4.69) is 9.97 Å². The zero-order chi connectivity index (χ0) is 23.4. The Morgan fingerprint density at radius 2 is 1.76 bits per heavy atom. The topological polar surface area (TPSA) is 107 Å². The Kier molecular flexibility index (Phi) is 6.55. The highest BCUT2D eigenvalue weighted by molar-refractivity contribution is 7.89. The van der Waals surface area contributed by atoms with E-state index in [1.54, 1.807) is 30.6 Å². The molecular formula is C23H22FN3O5S. The molecule has 4 rings (SSSR count). The summed E-state index contributed by atoms with van der Waals surface area (Å²) in [5, 5.41) is 0. The van der Waals surface area contributed by atoms with Crippen LogP contribution in [0.5, 0.6) is 11.8 Å². The Morgan fingerprint density at radius 3 is 2.39 bits per heavy atom. The van der Waals surface area contributed by atoms with E-state index < -0.39 is 21.7 Å². The van der Waals surface area contributed by atoms with E-state index in [9.17, 15) is 17.6 Å². The van der Waals surface area contributed by atoms with Gasteiger partial charge >= 0.3 is 6.01 Å². The minimum absolute atomic E-state index is 0.126. The van der Waals surface area contributed by atoms with E-state index in [4.69, 9.17) is 9.47 Å². The number of sulfonamides is 1. The lowest BCUT2D eigenvalue weighted by Gasteiger charge is -2.10. The quantitative estimate of drug-likeness (QED) is 0.510. The molecule has 2 aromatic carbocycles. The first-order valence-electron chi connectivity index (χ1n) is 10.2. The highest BCUT2D eigenvalue weighted by Crippen LogP contribution is 2.29. The number of halogens is 1. The number of aromatic nitrogens is 2. The van der Waals surface area contributed by atoms with Gasteiger partial charge < -0.3 is 9.47 Å². The molecule has 0 spiro atoms. The van der Waals surface area contributed by atoms with Gasteiger partial charge in [-0.1, -0.05) is 12.1 Å². The SMILES string of the molecule is CS(=O)(=O)NC(=O)c1ccc(COc2cc(F)cc(-c3cnc(OCC4CC4)nc3)c2)cc1. The van der Waals surface area contributed by atoms with Crippen LogP contribution in [0, 0.1) is 11.7 Å². The van der Waals surface area contributed by atoms with Gasteiger partial charge in [-0.25, -0.2) is 27.5 Å². The van der Waals surface area contributed by atoms with E-state index in [-0.39, 0.29) is 12.2 Å². The van der Waals surface area contributed by atoms with Crippen molar-refractivity contribution in [1.82, 2.24) is 14.7 Å². The van der Waals surface area contributed by atoms with Gasteiger partial charge in [0.1, 0.15) is 18.2 Å². The Labute approximate surface area is 190 Å². The molecule has 0 aliphatic heterocycles. The third-order valence-electron chi connectivity index (χ3n) is 4.88. The smallest absolute Gasteiger partial charge is 0.316 e. The molecule has 0 atom stereocenters. The molecule has 1 saturated carbocycles. The van der Waals surface area contributed by atoms with Crippen LogP contribution in [0.3, 0.4) is 0 Å². The molecule has 3 aromatic rings. The van der Waals surface area contributed by atoms with Crippen molar-refractivity contribution in [2.24, 2.45) is 5.92 Å². The van der Waals surface area contributed by atoms with Crippen LogP contribution in [0.25, 0.3) is 11.1 Å². The van der Waals surface area contributed by atoms with E-state index in [1.165, 1.54) is 37.1 Å². The minimum Gasteiger partial charge on any atom is -0.489 e. The minimum atomic E-state index is -3.64. The van der Waals surface area contributed by atoms with Crippen molar-refractivity contribution in [2.45, 2.75) is 19.4 Å². The molecule has 10 heteroatoms. The molecule has 0 saturated heterocycles. The fourth-order valence-corrected chi connectivity index (χ4v) is 3.43. The summed E-state index contributed by atoms with van der Waals surface area (Å²) < 4.78 is 49.7. The fraction of sp³-hybridized carbons (Fsp3) is 0.261. The van der Waals surface area contributed by atoms with E-state index in [0.717, 1.165) is 11.8 Å². The Morgan fingerprint density at radius 1 is 1.06 bits per heavy atom. The number of carbonyl (C=O) groups excluding carboxylic acids is 1. The molecule has 1 aliphatic rings. The maximum absolute atomic E-state index is 14.2. The average Bonchev–Trinajstić information content (AvgIpc) is 3.60. The summed E-state index contributed by atoms with van der Waals surface area (Å²) in [4.78, 5) is 20.2. The molecule has 33 heavy (non-hydrogen) atoms. The predicted octanol–water partition coefficient (Wildman–Crippen LogP) is 3.34. The number of rotatable bonds is 9. The highest BCUT2D eigenvalue weighted by atomic mass is 32.2. The van der Waals surface area contributed by atoms with Gasteiger partial charge in [0.15, 0.2) is 0 Å². The zero-order valence-electron chi connectivity index (χ0n) is 17.8. The Balaban J connectivity index is 1.39. The monoisotopic (exact) mass is 471 g/mol. The van der Waals surface area contributed by atoms with Gasteiger partial charge in [0.2, 0.25) is 10.0 Å². The summed E-state index contributed by atoms with van der Waals surface area (Å²) in [6.45, 7) is 0.738. The lowest BCUT2D eigenvalue weighted by molar-refractivity contribution is 0.0981. The summed E-state index contributed by atoms with van der Waals surface area (Å²) in [6, 6.07) is 10.8. The van der Waals surface area contributed by atoms with Crippen molar-refractivity contribution in [3.05, 3.63) is 71.8 Å². The van der Waals surface area contributed by atoms with Gasteiger partial charge in [-0.2, -0.15) is 0 Å². The van der Waals surface area contributed by atoms with Crippen molar-refractivity contribution in [2.75, 3.05) is 12.9 Å². The van der Waals surface area contributed by atoms with Crippen LogP contribution < -0.4 is 14.2 Å². The third-order valence-corrected chi connectivity index (χ3v) is 5.43. The second kappa shape index (κ2) is 9.53. The van der Waals surface area contributed by atoms with Crippen LogP contribution >= 0.6 is 0 Å². The lowest BCUT2D eigenvalue weighted by atomic mass is 10.1. The van der Waals surface area contributed by atoms with E-state index in [1.807, 2.05) is 4.72 Å². The van der Waals surface area contributed by atoms with Crippen LogP contribution in [0.1, 0.15) is 28.8 Å². The fourth-order valence-electron chi connectivity index (χ4n) is 2.98. The van der Waals surface area contributed by atoms with Gasteiger partial charge in [0, 0.05) is 29.6 Å². The molecule has 1 fully saturated rings. The molecule has 1 aliphatic carbocycles. The Hall–Kier alpha value is -3.53. The molecule has 172 valence electrons. The zero-order valence-corrected chi connectivity index (χ0v) is 18.6. The maximum Gasteiger partial charge on any atom is 0.316 e. The first kappa shape index (κ1) is 22.7. The van der Waals surface area contributed by atoms with Crippen LogP contribution in [0.2, 0.25) is 0 Å². The maximum atomic E-state index is 14.2. The van der Waals surface area contributed by atoms with Crippen molar-refractivity contribution < 1.29 is 27.1 Å². The molecule has 0 unspecified atom stereocenters. The number of hydrogen-bond donors (Lipinski definition) is 1. The number of carbonyl (C=O) groups is 1. The first-order chi connectivity index (χ1) is 15.7. The van der Waals surface area contributed by atoms with Gasteiger partial charge in [-0.15, -0.1) is 0 Å². The summed E-state index contributed by atoms with van der Waals surface area (Å²) >= 11 is 0. The average molecular weight is 472 g/mol. The van der Waals surface area contributed by atoms with Crippen LogP contribution in [0.4, 0.5) is 4.39 Å². The van der Waals surface area contributed by atoms with E-state index >= 15 is 0 Å². The molecule has 1 aromatic heterocycles. The Bertz CT molecular complexity index is 1240. The van der Waals surface area contributed by atoms with Crippen LogP contribution in [-0.2, 0) is 16.6 Å². The third kappa shape index (κ3) is 6.72. The van der Waals surface area contributed by atoms with Gasteiger partial charge in [0.05, 0.1) is 12.9 Å². The molecule has 8 nitrogen and oxygen atoms in total. The molecule has 1 heterocycles. The molecular weight excluding hydrogens is 449 g/mol. The largest absolute Gasteiger partial charge is 0.489 e. The second-order valence-electron chi connectivity index (χ2n) is 7.87. The number of ether oxygens (including phenoxy) is 2. The van der Waals surface area contributed by atoms with Gasteiger partial charge in [-0.3, -0.25) is 4.79 Å².